The third-order valence-corrected chi connectivity index (χ3v) is 11.8. The van der Waals surface area contributed by atoms with Gasteiger partial charge in [0.2, 0.25) is 28.1 Å². The van der Waals surface area contributed by atoms with E-state index >= 15 is 0 Å². The summed E-state index contributed by atoms with van der Waals surface area (Å²) in [4.78, 5) is 37.6. The molecule has 2 heterocycles. The minimum absolute atomic E-state index is 0.0190. The molecule has 0 aromatic rings. The molecule has 0 spiro atoms. The molecule has 0 radical (unpaired) electrons. The summed E-state index contributed by atoms with van der Waals surface area (Å²) in [7, 11) is -3.83. The predicted molar refractivity (Wildman–Crippen MR) is 172 cm³/mol. The number of sulfonamides is 1. The second kappa shape index (κ2) is 15.0. The number of unbranched alkanes of at least 4 members (excludes halogenated alkanes) is 2. The molecular formula is C29H54BN7O8S. The van der Waals surface area contributed by atoms with Crippen LogP contribution in [0.5, 0.6) is 0 Å². The largest absolute Gasteiger partial charge is 0.481 e. The van der Waals surface area contributed by atoms with Gasteiger partial charge in [-0.15, -0.1) is 5.43 Å². The van der Waals surface area contributed by atoms with Crippen LogP contribution in [0.15, 0.2) is 0 Å². The first-order valence-electron chi connectivity index (χ1n) is 16.9. The molecule has 46 heavy (non-hydrogen) atoms. The van der Waals surface area contributed by atoms with Crippen molar-refractivity contribution >= 4 is 29.0 Å². The lowest BCUT2D eigenvalue weighted by molar-refractivity contribution is -0.627. The molecule has 262 valence electrons. The highest BCUT2D eigenvalue weighted by Crippen LogP contribution is 2.65. The van der Waals surface area contributed by atoms with Crippen molar-refractivity contribution in [2.45, 2.75) is 129 Å². The fourth-order valence-corrected chi connectivity index (χ4v) is 8.12. The Labute approximate surface area is 273 Å². The number of carbonyl (C=O) groups is 2. The second-order valence-corrected chi connectivity index (χ2v) is 16.6. The van der Waals surface area contributed by atoms with Crippen LogP contribution in [0.1, 0.15) is 99.3 Å². The standard InChI is InChI=1S/C29H54BN7O8S/c1-7-46(42,43)32-15-10-8-9-13-25(38)33-21(12-11-14-31-27-35-36(27)37(40)41)26(39)34-24(16-19(2)3)30-44-23-18-20-17-22(28(20,4)5)29(23,6)45-30/h19-24,27,31-32,35H,7-18H2,1-6H3,(H,33,38)(H,34,39)/t20-,21-,22-,23+,24-,27?,29-,36?/m0/s1. The molecule has 5 fully saturated rings. The number of nitrogens with zero attached hydrogens (tertiary/aromatic N) is 2. The average molecular weight is 672 g/mol. The van der Waals surface area contributed by atoms with Crippen molar-refractivity contribution in [2.24, 2.45) is 23.2 Å². The van der Waals surface area contributed by atoms with Crippen LogP contribution in [0.4, 0.5) is 0 Å². The molecule has 2 amide bonds. The van der Waals surface area contributed by atoms with Gasteiger partial charge in [0.05, 0.1) is 23.4 Å². The summed E-state index contributed by atoms with van der Waals surface area (Å²) >= 11 is 0. The van der Waals surface area contributed by atoms with Crippen molar-refractivity contribution in [2.75, 3.05) is 18.8 Å². The molecule has 0 aromatic heterocycles. The summed E-state index contributed by atoms with van der Waals surface area (Å²) in [6.07, 6.45) is 4.97. The van der Waals surface area contributed by atoms with Crippen molar-refractivity contribution in [3.05, 3.63) is 10.1 Å². The molecule has 1 unspecified atom stereocenters. The van der Waals surface area contributed by atoms with E-state index in [1.54, 1.807) is 6.92 Å². The van der Waals surface area contributed by atoms with Crippen molar-refractivity contribution in [3.63, 3.8) is 0 Å². The first-order chi connectivity index (χ1) is 21.6. The van der Waals surface area contributed by atoms with E-state index in [-0.39, 0.29) is 41.4 Å². The lowest BCUT2D eigenvalue weighted by Crippen LogP contribution is -2.65. The summed E-state index contributed by atoms with van der Waals surface area (Å²) in [6, 6.07) is -0.815. The highest BCUT2D eigenvalue weighted by atomic mass is 32.2. The zero-order chi connectivity index (χ0) is 33.9. The number of nitrogens with one attached hydrogen (secondary N) is 5. The van der Waals surface area contributed by atoms with Gasteiger partial charge in [0.1, 0.15) is 6.04 Å². The molecule has 2 bridgehead atoms. The van der Waals surface area contributed by atoms with Crippen LogP contribution in [-0.2, 0) is 28.9 Å². The van der Waals surface area contributed by atoms with E-state index in [4.69, 9.17) is 9.31 Å². The van der Waals surface area contributed by atoms with Gasteiger partial charge < -0.3 is 19.9 Å². The zero-order valence-electron chi connectivity index (χ0n) is 28.2. The fraction of sp³-hybridized carbons (Fsp3) is 0.931. The molecular weight excluding hydrogens is 617 g/mol. The van der Waals surface area contributed by atoms with Gasteiger partial charge in [0.25, 0.3) is 0 Å². The van der Waals surface area contributed by atoms with Crippen LogP contribution < -0.4 is 26.1 Å². The van der Waals surface area contributed by atoms with E-state index in [2.05, 4.69) is 60.7 Å². The number of amides is 2. The van der Waals surface area contributed by atoms with Crippen LogP contribution in [0.25, 0.3) is 0 Å². The smallest absolute Gasteiger partial charge is 0.404 e. The molecule has 3 aliphatic carbocycles. The Morgan fingerprint density at radius 2 is 1.85 bits per heavy atom. The number of nitro groups is 1. The zero-order valence-corrected chi connectivity index (χ0v) is 29.0. The Morgan fingerprint density at radius 3 is 2.48 bits per heavy atom. The number of rotatable bonds is 20. The third-order valence-electron chi connectivity index (χ3n) is 10.4. The number of hydrazine groups is 2. The van der Waals surface area contributed by atoms with Crippen LogP contribution >= 0.6 is 0 Å². The molecule has 5 aliphatic rings. The summed E-state index contributed by atoms with van der Waals surface area (Å²) in [5.74, 6) is 0.295. The van der Waals surface area contributed by atoms with Gasteiger partial charge in [-0.3, -0.25) is 14.9 Å². The molecule has 2 saturated heterocycles. The van der Waals surface area contributed by atoms with Gasteiger partial charge in [0.15, 0.2) is 5.03 Å². The van der Waals surface area contributed by atoms with E-state index < -0.39 is 46.0 Å². The summed E-state index contributed by atoms with van der Waals surface area (Å²) in [5.41, 5.74) is 2.36. The summed E-state index contributed by atoms with van der Waals surface area (Å²) < 4.78 is 38.9. The maximum atomic E-state index is 13.8. The highest BCUT2D eigenvalue weighted by Gasteiger charge is 2.68. The molecule has 3 saturated carbocycles. The van der Waals surface area contributed by atoms with E-state index in [9.17, 15) is 28.1 Å². The van der Waals surface area contributed by atoms with Crippen molar-refractivity contribution in [1.29, 1.82) is 0 Å². The van der Waals surface area contributed by atoms with Crippen LogP contribution in [0, 0.1) is 33.3 Å². The van der Waals surface area contributed by atoms with Crippen LogP contribution in [0.2, 0.25) is 0 Å². The third kappa shape index (κ3) is 8.89. The van der Waals surface area contributed by atoms with Gasteiger partial charge in [-0.2, -0.15) is 0 Å². The summed E-state index contributed by atoms with van der Waals surface area (Å²) in [6.45, 7) is 13.2. The van der Waals surface area contributed by atoms with Gasteiger partial charge in [0, 0.05) is 13.0 Å². The minimum atomic E-state index is -3.24. The van der Waals surface area contributed by atoms with E-state index in [0.717, 1.165) is 18.0 Å². The predicted octanol–water partition coefficient (Wildman–Crippen LogP) is 1.43. The average Bonchev–Trinajstić information content (AvgIpc) is 3.67. The maximum absolute atomic E-state index is 13.8. The molecule has 17 heteroatoms. The van der Waals surface area contributed by atoms with Gasteiger partial charge >= 0.3 is 7.12 Å². The first kappa shape index (κ1) is 36.8. The topological polar surface area (TPSA) is 203 Å². The van der Waals surface area contributed by atoms with Gasteiger partial charge in [-0.05, 0) is 93.6 Å². The second-order valence-electron chi connectivity index (χ2n) is 14.5. The number of hydrogen-bond acceptors (Lipinski definition) is 10. The Balaban J connectivity index is 1.33. The van der Waals surface area contributed by atoms with E-state index in [0.29, 0.717) is 63.5 Å². The van der Waals surface area contributed by atoms with Gasteiger partial charge in [-0.25, -0.2) is 23.3 Å². The highest BCUT2D eigenvalue weighted by molar-refractivity contribution is 7.89. The molecule has 5 N–H and O–H groups in total. The van der Waals surface area contributed by atoms with E-state index in [1.807, 2.05) is 0 Å². The van der Waals surface area contributed by atoms with Crippen molar-refractivity contribution in [1.82, 2.24) is 31.2 Å². The number of carbonyl (C=O) groups excluding carboxylic acids is 2. The Bertz CT molecular complexity index is 1210. The van der Waals surface area contributed by atoms with Crippen LogP contribution in [0.3, 0.4) is 0 Å². The van der Waals surface area contributed by atoms with E-state index in [1.165, 1.54) is 0 Å². The lowest BCUT2D eigenvalue weighted by Gasteiger charge is -2.64. The molecule has 5 rings (SSSR count). The SMILES string of the molecule is CCS(=O)(=O)NCCCCCC(=O)N[C@@H](CCCNC1NN1[N+](=O)[O-])C(=O)N[C@@H](CC(C)C)B1O[C@@H]2C[C@@H]3C[C@@H](C3(C)C)[C@]2(C)O1. The minimum Gasteiger partial charge on any atom is -0.404 e. The molecule has 7 atom stereocenters. The molecule has 15 nitrogen and oxygen atoms in total. The van der Waals surface area contributed by atoms with Crippen molar-refractivity contribution < 1.29 is 32.3 Å². The van der Waals surface area contributed by atoms with Crippen molar-refractivity contribution in [3.8, 4) is 0 Å². The Morgan fingerprint density at radius 1 is 1.11 bits per heavy atom. The van der Waals surface area contributed by atoms with Crippen LogP contribution in [-0.4, -0.2) is 86.3 Å². The quantitative estimate of drug-likeness (QED) is 0.0412. The molecule has 0 aromatic carbocycles. The maximum Gasteiger partial charge on any atom is 0.481 e. The lowest BCUT2D eigenvalue weighted by atomic mass is 9.43. The number of hydrogen-bond donors (Lipinski definition) is 5. The summed E-state index contributed by atoms with van der Waals surface area (Å²) in [5, 5.41) is 20.2. The first-order valence-corrected chi connectivity index (χ1v) is 18.6. The fourth-order valence-electron chi connectivity index (χ4n) is 7.46. The monoisotopic (exact) mass is 671 g/mol. The Kier molecular flexibility index (Phi) is 12.0. The molecule has 2 aliphatic heterocycles. The Hall–Kier alpha value is -2.05. The van der Waals surface area contributed by atoms with Gasteiger partial charge in [-0.1, -0.05) is 34.1 Å². The normalized spacial score (nSPS) is 29.1.